The number of nitrogens with zero attached hydrogens (tertiary/aromatic N) is 1. The fourth-order valence-electron chi connectivity index (χ4n) is 0.993. The Bertz CT molecular complexity index is 456. The van der Waals surface area contributed by atoms with Crippen LogP contribution in [0.2, 0.25) is 0 Å². The van der Waals surface area contributed by atoms with Crippen molar-refractivity contribution in [3.05, 3.63) is 18.2 Å². The van der Waals surface area contributed by atoms with Crippen LogP contribution in [0.25, 0.3) is 0 Å². The van der Waals surface area contributed by atoms with Crippen LogP contribution in [0.1, 0.15) is 0 Å². The van der Waals surface area contributed by atoms with Gasteiger partial charge in [-0.3, -0.25) is 0 Å². The van der Waals surface area contributed by atoms with Gasteiger partial charge in [-0.25, -0.2) is 13.4 Å². The molecule has 0 saturated carbocycles. The van der Waals surface area contributed by atoms with Crippen molar-refractivity contribution in [3.63, 3.8) is 0 Å². The number of anilines is 1. The molecule has 0 unspecified atom stereocenters. The fraction of sp³-hybridized carbons (Fsp3) is 0.250. The number of phenolic OH excluding ortho intramolecular Hbond substituents is 1. The molecule has 4 N–H and O–H groups in total. The standard InChI is InChI=1S/C8H13N3O3S/c1-11(2)10-15(13,14)6-3-4-8(12)7(9)5-6/h3-5,10,12H,9H2,1-2H3. The largest absolute Gasteiger partial charge is 0.506 e. The fourth-order valence-corrected chi connectivity index (χ4v) is 2.11. The minimum absolute atomic E-state index is 0.00602. The molecule has 0 atom stereocenters. The van der Waals surface area contributed by atoms with Gasteiger partial charge in [0.2, 0.25) is 0 Å². The summed E-state index contributed by atoms with van der Waals surface area (Å²) in [7, 11) is -0.500. The van der Waals surface area contributed by atoms with Crippen molar-refractivity contribution in [3.8, 4) is 5.75 Å². The predicted octanol–water partition coefficient (Wildman–Crippen LogP) is -0.271. The number of hydrogen-bond acceptors (Lipinski definition) is 5. The molecule has 0 fully saturated rings. The van der Waals surface area contributed by atoms with Gasteiger partial charge in [0.1, 0.15) is 5.75 Å². The predicted molar refractivity (Wildman–Crippen MR) is 56.5 cm³/mol. The van der Waals surface area contributed by atoms with Crippen molar-refractivity contribution in [1.82, 2.24) is 9.84 Å². The van der Waals surface area contributed by atoms with E-state index in [1.807, 2.05) is 0 Å². The molecular formula is C8H13N3O3S. The zero-order chi connectivity index (χ0) is 11.6. The van der Waals surface area contributed by atoms with Gasteiger partial charge in [-0.2, -0.15) is 0 Å². The monoisotopic (exact) mass is 231 g/mol. The average Bonchev–Trinajstić information content (AvgIpc) is 2.07. The summed E-state index contributed by atoms with van der Waals surface area (Å²) in [6, 6.07) is 3.71. The number of hydrogen-bond donors (Lipinski definition) is 3. The molecule has 0 amide bonds. The summed E-state index contributed by atoms with van der Waals surface area (Å²) in [6.45, 7) is 0. The molecular weight excluding hydrogens is 218 g/mol. The summed E-state index contributed by atoms with van der Waals surface area (Å²) in [5, 5.41) is 10.4. The minimum Gasteiger partial charge on any atom is -0.506 e. The molecule has 0 bridgehead atoms. The minimum atomic E-state index is -3.61. The third-order valence-electron chi connectivity index (χ3n) is 1.61. The summed E-state index contributed by atoms with van der Waals surface area (Å²) in [5.41, 5.74) is 5.42. The highest BCUT2D eigenvalue weighted by atomic mass is 32.2. The second-order valence-electron chi connectivity index (χ2n) is 3.21. The molecule has 15 heavy (non-hydrogen) atoms. The highest BCUT2D eigenvalue weighted by Crippen LogP contribution is 2.22. The van der Waals surface area contributed by atoms with Crippen LogP contribution in [0.15, 0.2) is 23.1 Å². The van der Waals surface area contributed by atoms with E-state index in [0.717, 1.165) is 0 Å². The molecule has 0 aliphatic carbocycles. The molecule has 0 heterocycles. The number of nitrogen functional groups attached to an aromatic ring is 1. The van der Waals surface area contributed by atoms with Crippen LogP contribution >= 0.6 is 0 Å². The Morgan fingerprint density at radius 3 is 2.47 bits per heavy atom. The molecule has 0 aromatic heterocycles. The first-order valence-corrected chi connectivity index (χ1v) is 5.59. The lowest BCUT2D eigenvalue weighted by atomic mass is 10.3. The summed E-state index contributed by atoms with van der Waals surface area (Å²) in [4.78, 5) is 2.26. The SMILES string of the molecule is CN(C)NS(=O)(=O)c1ccc(O)c(N)c1. The maximum absolute atomic E-state index is 11.6. The van der Waals surface area contributed by atoms with Gasteiger partial charge < -0.3 is 10.8 Å². The topological polar surface area (TPSA) is 95.7 Å². The quantitative estimate of drug-likeness (QED) is 0.378. The third-order valence-corrected chi connectivity index (χ3v) is 3.09. The Kier molecular flexibility index (Phi) is 3.18. The van der Waals surface area contributed by atoms with Crippen molar-refractivity contribution >= 4 is 15.7 Å². The van der Waals surface area contributed by atoms with Crippen LogP contribution in [0.5, 0.6) is 5.75 Å². The number of hydrazine groups is 1. The van der Waals surface area contributed by atoms with E-state index in [1.54, 1.807) is 14.1 Å². The van der Waals surface area contributed by atoms with E-state index in [2.05, 4.69) is 4.83 Å². The smallest absolute Gasteiger partial charge is 0.253 e. The molecule has 84 valence electrons. The Labute approximate surface area is 88.3 Å². The zero-order valence-corrected chi connectivity index (χ0v) is 9.25. The molecule has 6 nitrogen and oxygen atoms in total. The number of nitrogens with two attached hydrogens (primary N) is 1. The number of phenols is 1. The van der Waals surface area contributed by atoms with Crippen molar-refractivity contribution in [2.24, 2.45) is 0 Å². The lowest BCUT2D eigenvalue weighted by Gasteiger charge is -2.12. The summed E-state index contributed by atoms with van der Waals surface area (Å²) < 4.78 is 23.2. The number of sulfonamides is 1. The van der Waals surface area contributed by atoms with E-state index in [-0.39, 0.29) is 16.3 Å². The summed E-state index contributed by atoms with van der Waals surface area (Å²) in [6.07, 6.45) is 0. The second kappa shape index (κ2) is 4.05. The van der Waals surface area contributed by atoms with E-state index in [1.165, 1.54) is 23.2 Å². The van der Waals surface area contributed by atoms with Crippen molar-refractivity contribution < 1.29 is 13.5 Å². The molecule has 7 heteroatoms. The van der Waals surface area contributed by atoms with Crippen molar-refractivity contribution in [1.29, 1.82) is 0 Å². The molecule has 1 rings (SSSR count). The van der Waals surface area contributed by atoms with Crippen molar-refractivity contribution in [2.45, 2.75) is 4.90 Å². The number of aromatic hydroxyl groups is 1. The van der Waals surface area contributed by atoms with Crippen LogP contribution < -0.4 is 10.6 Å². The number of rotatable bonds is 3. The first-order chi connectivity index (χ1) is 6.83. The lowest BCUT2D eigenvalue weighted by molar-refractivity contribution is 0.364. The maximum Gasteiger partial charge on any atom is 0.253 e. The average molecular weight is 231 g/mol. The molecule has 0 radical (unpaired) electrons. The van der Waals surface area contributed by atoms with Gasteiger partial charge in [-0.05, 0) is 18.2 Å². The Morgan fingerprint density at radius 2 is 2.00 bits per heavy atom. The third kappa shape index (κ3) is 2.82. The highest BCUT2D eigenvalue weighted by Gasteiger charge is 2.15. The first kappa shape index (κ1) is 11.8. The molecule has 0 spiro atoms. The van der Waals surface area contributed by atoms with Crippen LogP contribution in [-0.4, -0.2) is 32.6 Å². The zero-order valence-electron chi connectivity index (χ0n) is 8.43. The second-order valence-corrected chi connectivity index (χ2v) is 4.87. The highest BCUT2D eigenvalue weighted by molar-refractivity contribution is 7.89. The van der Waals surface area contributed by atoms with E-state index < -0.39 is 10.0 Å². The van der Waals surface area contributed by atoms with Gasteiger partial charge >= 0.3 is 0 Å². The van der Waals surface area contributed by atoms with E-state index in [0.29, 0.717) is 0 Å². The molecule has 1 aromatic carbocycles. The van der Waals surface area contributed by atoms with Gasteiger partial charge in [0.15, 0.2) is 0 Å². The van der Waals surface area contributed by atoms with Gasteiger partial charge in [0, 0.05) is 14.1 Å². The van der Waals surface area contributed by atoms with Crippen LogP contribution in [0.3, 0.4) is 0 Å². The molecule has 0 aliphatic rings. The first-order valence-electron chi connectivity index (χ1n) is 4.11. The van der Waals surface area contributed by atoms with Crippen molar-refractivity contribution in [2.75, 3.05) is 19.8 Å². The Balaban J connectivity index is 3.11. The van der Waals surface area contributed by atoms with Crippen LogP contribution in [0.4, 0.5) is 5.69 Å². The van der Waals surface area contributed by atoms with Gasteiger partial charge in [0.05, 0.1) is 10.6 Å². The van der Waals surface area contributed by atoms with Crippen LogP contribution in [0, 0.1) is 0 Å². The summed E-state index contributed by atoms with van der Waals surface area (Å²) in [5.74, 6) is -0.140. The molecule has 0 saturated heterocycles. The number of nitrogens with one attached hydrogen (secondary N) is 1. The Morgan fingerprint density at radius 1 is 1.40 bits per heavy atom. The van der Waals surface area contributed by atoms with E-state index >= 15 is 0 Å². The van der Waals surface area contributed by atoms with Gasteiger partial charge in [0.25, 0.3) is 10.0 Å². The molecule has 0 aliphatic heterocycles. The molecule has 1 aromatic rings. The lowest BCUT2D eigenvalue weighted by Crippen LogP contribution is -2.36. The number of benzene rings is 1. The van der Waals surface area contributed by atoms with Gasteiger partial charge in [-0.1, -0.05) is 0 Å². The normalized spacial score (nSPS) is 11.9. The van der Waals surface area contributed by atoms with E-state index in [4.69, 9.17) is 10.8 Å². The Hall–Kier alpha value is -1.31. The van der Waals surface area contributed by atoms with Gasteiger partial charge in [-0.15, -0.1) is 4.83 Å². The van der Waals surface area contributed by atoms with Crippen LogP contribution in [-0.2, 0) is 10.0 Å². The maximum atomic E-state index is 11.6. The summed E-state index contributed by atoms with van der Waals surface area (Å²) >= 11 is 0. The van der Waals surface area contributed by atoms with E-state index in [9.17, 15) is 8.42 Å².